The number of likely N-dealkylation sites (tertiary alicyclic amines) is 1. The lowest BCUT2D eigenvalue weighted by molar-refractivity contribution is 0.0251. The predicted molar refractivity (Wildman–Crippen MR) is 130 cm³/mol. The molecule has 0 radical (unpaired) electrons. The van der Waals surface area contributed by atoms with Gasteiger partial charge in [0.2, 0.25) is 0 Å². The summed E-state index contributed by atoms with van der Waals surface area (Å²) < 4.78 is 5.83. The molecule has 0 spiro atoms. The maximum absolute atomic E-state index is 10.1. The summed E-state index contributed by atoms with van der Waals surface area (Å²) in [7, 11) is 0. The second kappa shape index (κ2) is 10.7. The molecule has 1 aliphatic heterocycles. The molecule has 172 valence electrons. The molecule has 1 aromatic heterocycles. The Kier molecular flexibility index (Phi) is 7.28. The summed E-state index contributed by atoms with van der Waals surface area (Å²) in [6, 6.07) is 16.6. The van der Waals surface area contributed by atoms with E-state index in [2.05, 4.69) is 27.9 Å². The molecule has 1 fully saturated rings. The van der Waals surface area contributed by atoms with E-state index < -0.39 is 6.23 Å². The second-order valence-electron chi connectivity index (χ2n) is 8.02. The molecular formula is C26H26N6O2. The molecule has 1 unspecified atom stereocenters. The molecule has 1 aliphatic rings. The normalized spacial score (nSPS) is 16.8. The van der Waals surface area contributed by atoms with E-state index in [1.165, 1.54) is 12.4 Å². The Morgan fingerprint density at radius 3 is 2.85 bits per heavy atom. The highest BCUT2D eigenvalue weighted by Crippen LogP contribution is 2.27. The number of rotatable bonds is 8. The number of nitrogens with one attached hydrogen (secondary N) is 2. The molecule has 2 heterocycles. The summed E-state index contributed by atoms with van der Waals surface area (Å²) in [5, 5.41) is 32.1. The summed E-state index contributed by atoms with van der Waals surface area (Å²) in [6.45, 7) is 5.08. The first-order chi connectivity index (χ1) is 16.6. The number of anilines is 1. The van der Waals surface area contributed by atoms with Gasteiger partial charge in [-0.05, 0) is 49.2 Å². The number of nitriles is 1. The number of para-hydroxylation sites is 1. The maximum Gasteiger partial charge on any atom is 0.139 e. The number of aliphatic hydroxyl groups excluding tert-OH is 1. The lowest BCUT2D eigenvalue weighted by Gasteiger charge is -2.35. The number of ether oxygens (including phenoxy) is 1. The van der Waals surface area contributed by atoms with Gasteiger partial charge in [0.05, 0.1) is 22.9 Å². The lowest BCUT2D eigenvalue weighted by Crippen LogP contribution is -2.46. The zero-order valence-corrected chi connectivity index (χ0v) is 18.7. The molecule has 0 amide bonds. The quantitative estimate of drug-likeness (QED) is 0.348. The third-order valence-electron chi connectivity index (χ3n) is 5.72. The Balaban J connectivity index is 1.55. The highest BCUT2D eigenvalue weighted by Gasteiger charge is 2.25. The van der Waals surface area contributed by atoms with Gasteiger partial charge in [-0.15, -0.1) is 0 Å². The minimum Gasteiger partial charge on any atom is -0.457 e. The van der Waals surface area contributed by atoms with E-state index >= 15 is 0 Å². The Bertz CT molecular complexity index is 1210. The van der Waals surface area contributed by atoms with Crippen molar-refractivity contribution in [2.24, 2.45) is 0 Å². The highest BCUT2D eigenvalue weighted by atomic mass is 16.5. The van der Waals surface area contributed by atoms with Crippen LogP contribution in [-0.4, -0.2) is 51.0 Å². The Morgan fingerprint density at radius 1 is 1.26 bits per heavy atom. The minimum absolute atomic E-state index is 0.0434. The molecule has 2 aromatic carbocycles. The number of hydrogen-bond donors (Lipinski definition) is 3. The van der Waals surface area contributed by atoms with Crippen LogP contribution in [0.1, 0.15) is 29.5 Å². The van der Waals surface area contributed by atoms with Crippen LogP contribution < -0.4 is 10.1 Å². The maximum atomic E-state index is 10.1. The van der Waals surface area contributed by atoms with Crippen molar-refractivity contribution in [2.75, 3.05) is 18.4 Å². The van der Waals surface area contributed by atoms with Gasteiger partial charge in [0.15, 0.2) is 0 Å². The van der Waals surface area contributed by atoms with Gasteiger partial charge in [0.25, 0.3) is 0 Å². The third-order valence-corrected chi connectivity index (χ3v) is 5.72. The fraction of sp³-hybridized carbons (Fsp3) is 0.231. The molecular weight excluding hydrogens is 428 g/mol. The van der Waals surface area contributed by atoms with Crippen LogP contribution in [0.2, 0.25) is 0 Å². The van der Waals surface area contributed by atoms with E-state index in [4.69, 9.17) is 10.1 Å². The van der Waals surface area contributed by atoms with Crippen molar-refractivity contribution >= 4 is 11.5 Å². The topological polar surface area (TPSA) is 118 Å². The molecule has 2 atom stereocenters. The van der Waals surface area contributed by atoms with E-state index in [0.717, 1.165) is 19.4 Å². The first-order valence-electron chi connectivity index (χ1n) is 11.1. The number of nitrogens with zero attached hydrogens (tertiary/aromatic N) is 4. The monoisotopic (exact) mass is 454 g/mol. The standard InChI is InChI=1S/C26H26N6O2/c1-2-24(33)32-12-6-7-19(16-32)31-26-23(15-29-17-30-26)25(28)22-11-10-21(13-18(22)14-27)34-20-8-4-3-5-9-20/h2-5,8-11,13,15,17,19,24,28,33H,1,6-7,12,16H2,(H,29,30,31)/t19-,24?/m1/s1. The molecule has 34 heavy (non-hydrogen) atoms. The number of benzene rings is 2. The lowest BCUT2D eigenvalue weighted by atomic mass is 9.98. The number of aromatic nitrogens is 2. The number of aliphatic hydroxyl groups is 1. The second-order valence-corrected chi connectivity index (χ2v) is 8.02. The zero-order valence-electron chi connectivity index (χ0n) is 18.7. The van der Waals surface area contributed by atoms with Crippen LogP contribution in [0.3, 0.4) is 0 Å². The summed E-state index contributed by atoms with van der Waals surface area (Å²) in [5.41, 5.74) is 1.43. The average molecular weight is 455 g/mol. The van der Waals surface area contributed by atoms with Crippen molar-refractivity contribution in [1.82, 2.24) is 14.9 Å². The largest absolute Gasteiger partial charge is 0.457 e. The van der Waals surface area contributed by atoms with E-state index in [-0.39, 0.29) is 11.8 Å². The molecule has 0 saturated carbocycles. The molecule has 1 saturated heterocycles. The van der Waals surface area contributed by atoms with E-state index in [9.17, 15) is 10.4 Å². The van der Waals surface area contributed by atoms with E-state index in [0.29, 0.717) is 40.6 Å². The van der Waals surface area contributed by atoms with Gasteiger partial charge in [-0.3, -0.25) is 10.3 Å². The summed E-state index contributed by atoms with van der Waals surface area (Å²) in [4.78, 5) is 10.4. The van der Waals surface area contributed by atoms with Gasteiger partial charge in [-0.1, -0.05) is 24.8 Å². The fourth-order valence-corrected chi connectivity index (χ4v) is 4.00. The zero-order chi connectivity index (χ0) is 23.9. The van der Waals surface area contributed by atoms with Crippen molar-refractivity contribution in [3.8, 4) is 17.6 Å². The molecule has 0 aliphatic carbocycles. The molecule has 3 N–H and O–H groups in total. The first-order valence-corrected chi connectivity index (χ1v) is 11.1. The number of hydrogen-bond acceptors (Lipinski definition) is 8. The van der Waals surface area contributed by atoms with Crippen molar-refractivity contribution in [2.45, 2.75) is 25.1 Å². The van der Waals surface area contributed by atoms with Crippen LogP contribution in [0.25, 0.3) is 0 Å². The van der Waals surface area contributed by atoms with Crippen molar-refractivity contribution in [3.05, 3.63) is 90.4 Å². The summed E-state index contributed by atoms with van der Waals surface area (Å²) >= 11 is 0. The van der Waals surface area contributed by atoms with Gasteiger partial charge < -0.3 is 15.2 Å². The average Bonchev–Trinajstić information content (AvgIpc) is 2.89. The fourth-order valence-electron chi connectivity index (χ4n) is 4.00. The van der Waals surface area contributed by atoms with Gasteiger partial charge >= 0.3 is 0 Å². The van der Waals surface area contributed by atoms with Crippen LogP contribution >= 0.6 is 0 Å². The van der Waals surface area contributed by atoms with E-state index in [1.54, 1.807) is 24.4 Å². The Morgan fingerprint density at radius 2 is 2.09 bits per heavy atom. The van der Waals surface area contributed by atoms with Crippen LogP contribution in [0.4, 0.5) is 5.82 Å². The highest BCUT2D eigenvalue weighted by molar-refractivity contribution is 6.14. The van der Waals surface area contributed by atoms with Crippen molar-refractivity contribution in [3.63, 3.8) is 0 Å². The molecule has 0 bridgehead atoms. The Hall–Kier alpha value is -4.06. The van der Waals surface area contributed by atoms with Gasteiger partial charge in [0.1, 0.15) is 29.9 Å². The van der Waals surface area contributed by atoms with E-state index in [1.807, 2.05) is 35.2 Å². The van der Waals surface area contributed by atoms with Gasteiger partial charge in [0, 0.05) is 30.9 Å². The molecule has 8 nitrogen and oxygen atoms in total. The van der Waals surface area contributed by atoms with Crippen LogP contribution in [0.5, 0.6) is 11.5 Å². The smallest absolute Gasteiger partial charge is 0.139 e. The summed E-state index contributed by atoms with van der Waals surface area (Å²) in [5.74, 6) is 1.71. The first kappa shape index (κ1) is 23.1. The van der Waals surface area contributed by atoms with Crippen molar-refractivity contribution < 1.29 is 9.84 Å². The molecule has 3 aromatic rings. The predicted octanol–water partition coefficient (Wildman–Crippen LogP) is 3.94. The molecule has 8 heteroatoms. The van der Waals surface area contributed by atoms with Crippen molar-refractivity contribution in [1.29, 1.82) is 10.7 Å². The van der Waals surface area contributed by atoms with Gasteiger partial charge in [-0.25, -0.2) is 9.97 Å². The Labute approximate surface area is 198 Å². The SMILES string of the molecule is C=CC(O)N1CCC[C@@H](Nc2ncncc2C(=N)c2ccc(Oc3ccccc3)cc2C#N)C1. The van der Waals surface area contributed by atoms with Crippen LogP contribution in [0, 0.1) is 16.7 Å². The van der Waals surface area contributed by atoms with Crippen LogP contribution in [-0.2, 0) is 0 Å². The minimum atomic E-state index is -0.692. The van der Waals surface area contributed by atoms with Gasteiger partial charge in [-0.2, -0.15) is 5.26 Å². The number of piperidine rings is 1. The molecule has 4 rings (SSSR count). The van der Waals surface area contributed by atoms with Crippen LogP contribution in [0.15, 0.2) is 73.7 Å². The summed E-state index contributed by atoms with van der Waals surface area (Å²) in [6.07, 6.45) is 5.66. The third kappa shape index (κ3) is 5.29.